The molecule has 0 aromatic rings. The Hall–Kier alpha value is -0.160. The lowest BCUT2D eigenvalue weighted by atomic mass is 10.1. The van der Waals surface area contributed by atoms with Crippen LogP contribution in [0.25, 0.3) is 0 Å². The van der Waals surface area contributed by atoms with Gasteiger partial charge in [-0.05, 0) is 12.8 Å². The van der Waals surface area contributed by atoms with Crippen LogP contribution in [0.1, 0.15) is 25.7 Å². The first-order chi connectivity index (χ1) is 8.76. The van der Waals surface area contributed by atoms with Crippen LogP contribution in [0.3, 0.4) is 0 Å². The second kappa shape index (κ2) is 5.45. The maximum absolute atomic E-state index is 10.2. The van der Waals surface area contributed by atoms with E-state index in [0.717, 1.165) is 11.0 Å². The molecular formula is C14H27N2O2+. The summed E-state index contributed by atoms with van der Waals surface area (Å²) in [5, 5.41) is 10.2. The van der Waals surface area contributed by atoms with E-state index in [-0.39, 0.29) is 6.10 Å². The molecule has 1 unspecified atom stereocenters. The number of nitrogens with zero attached hydrogens (tertiary/aromatic N) is 2. The van der Waals surface area contributed by atoms with Crippen molar-refractivity contribution in [2.75, 3.05) is 52.4 Å². The number of aliphatic hydroxyl groups excluding tert-OH is 1. The van der Waals surface area contributed by atoms with Gasteiger partial charge in [-0.25, -0.2) is 0 Å². The minimum absolute atomic E-state index is 0.268. The van der Waals surface area contributed by atoms with Crippen molar-refractivity contribution in [2.24, 2.45) is 0 Å². The van der Waals surface area contributed by atoms with E-state index in [0.29, 0.717) is 12.7 Å². The van der Waals surface area contributed by atoms with Gasteiger partial charge in [0.25, 0.3) is 0 Å². The van der Waals surface area contributed by atoms with Crippen LogP contribution in [0, 0.1) is 0 Å². The topological polar surface area (TPSA) is 32.7 Å². The van der Waals surface area contributed by atoms with E-state index in [1.807, 2.05) is 0 Å². The summed E-state index contributed by atoms with van der Waals surface area (Å²) in [6.45, 7) is 8.78. The van der Waals surface area contributed by atoms with Gasteiger partial charge in [-0.15, -0.1) is 0 Å². The molecule has 0 amide bonds. The first-order valence-corrected chi connectivity index (χ1v) is 7.63. The third-order valence-corrected chi connectivity index (χ3v) is 5.10. The number of piperazine rings is 3. The molecule has 3 saturated heterocycles. The first-order valence-electron chi connectivity index (χ1n) is 7.63. The smallest absolute Gasteiger partial charge is 0.126 e. The van der Waals surface area contributed by atoms with E-state index in [9.17, 15) is 5.11 Å². The lowest BCUT2D eigenvalue weighted by molar-refractivity contribution is -0.943. The van der Waals surface area contributed by atoms with Crippen LogP contribution in [-0.4, -0.2) is 79.1 Å². The Bertz CT molecular complexity index is 257. The Morgan fingerprint density at radius 2 is 1.72 bits per heavy atom. The van der Waals surface area contributed by atoms with Gasteiger partial charge in [0.2, 0.25) is 0 Å². The highest BCUT2D eigenvalue weighted by Gasteiger charge is 2.39. The number of hydrogen-bond acceptors (Lipinski definition) is 3. The van der Waals surface area contributed by atoms with Crippen molar-refractivity contribution in [1.29, 1.82) is 0 Å². The van der Waals surface area contributed by atoms with Crippen molar-refractivity contribution >= 4 is 0 Å². The van der Waals surface area contributed by atoms with Crippen molar-refractivity contribution in [1.82, 2.24) is 4.90 Å². The van der Waals surface area contributed by atoms with E-state index in [1.54, 1.807) is 0 Å². The number of fused-ring (bicyclic) bond motifs is 3. The molecule has 1 N–H and O–H groups in total. The van der Waals surface area contributed by atoms with E-state index in [4.69, 9.17) is 4.74 Å². The number of rotatable bonds is 5. The van der Waals surface area contributed by atoms with Crippen molar-refractivity contribution < 1.29 is 14.3 Å². The van der Waals surface area contributed by atoms with Crippen LogP contribution in [-0.2, 0) is 4.74 Å². The maximum Gasteiger partial charge on any atom is 0.126 e. The van der Waals surface area contributed by atoms with Crippen molar-refractivity contribution in [3.63, 3.8) is 0 Å². The van der Waals surface area contributed by atoms with Crippen LogP contribution in [0.5, 0.6) is 0 Å². The Morgan fingerprint density at radius 3 is 2.33 bits per heavy atom. The van der Waals surface area contributed by atoms with Gasteiger partial charge in [-0.1, -0.05) is 12.8 Å². The van der Waals surface area contributed by atoms with Crippen LogP contribution < -0.4 is 0 Å². The van der Waals surface area contributed by atoms with Crippen LogP contribution >= 0.6 is 0 Å². The molecular weight excluding hydrogens is 228 g/mol. The fraction of sp³-hybridized carbons (Fsp3) is 1.00. The lowest BCUT2D eigenvalue weighted by Crippen LogP contribution is -2.69. The molecule has 4 nitrogen and oxygen atoms in total. The highest BCUT2D eigenvalue weighted by atomic mass is 16.5. The van der Waals surface area contributed by atoms with Gasteiger partial charge < -0.3 is 14.3 Å². The largest absolute Gasteiger partial charge is 0.385 e. The third kappa shape index (κ3) is 2.87. The van der Waals surface area contributed by atoms with Gasteiger partial charge in [-0.3, -0.25) is 4.90 Å². The summed E-state index contributed by atoms with van der Waals surface area (Å²) >= 11 is 0. The molecule has 104 valence electrons. The summed E-state index contributed by atoms with van der Waals surface area (Å²) in [5.74, 6) is 0. The molecule has 4 rings (SSSR count). The second-order valence-electron chi connectivity index (χ2n) is 6.43. The molecule has 4 aliphatic rings. The molecule has 0 spiro atoms. The first kappa shape index (κ1) is 12.9. The molecule has 4 fully saturated rings. The normalized spacial score (nSPS) is 38.2. The molecule has 1 atom stereocenters. The van der Waals surface area contributed by atoms with Gasteiger partial charge in [0.1, 0.15) is 12.6 Å². The van der Waals surface area contributed by atoms with Crippen molar-refractivity contribution in [2.45, 2.75) is 37.9 Å². The minimum Gasteiger partial charge on any atom is -0.385 e. The monoisotopic (exact) mass is 255 g/mol. The summed E-state index contributed by atoms with van der Waals surface area (Å²) in [7, 11) is 0. The number of aliphatic hydroxyl groups is 1. The fourth-order valence-corrected chi connectivity index (χ4v) is 3.81. The number of quaternary nitrogens is 1. The standard InChI is InChI=1S/C14H27N2O2/c17-13(12-18-14-3-1-2-4-14)11-16-8-5-15(6-9-16)7-10-16/h13-14,17H,1-12H2/q+1. The van der Waals surface area contributed by atoms with E-state index >= 15 is 0 Å². The highest BCUT2D eigenvalue weighted by Crippen LogP contribution is 2.22. The third-order valence-electron chi connectivity index (χ3n) is 5.10. The molecule has 0 radical (unpaired) electrons. The zero-order valence-corrected chi connectivity index (χ0v) is 11.4. The Morgan fingerprint density at radius 1 is 1.11 bits per heavy atom. The van der Waals surface area contributed by atoms with Crippen LogP contribution in [0.15, 0.2) is 0 Å². The predicted molar refractivity (Wildman–Crippen MR) is 70.4 cm³/mol. The fourth-order valence-electron chi connectivity index (χ4n) is 3.81. The van der Waals surface area contributed by atoms with Crippen molar-refractivity contribution in [3.8, 4) is 0 Å². The Labute approximate surface area is 110 Å². The summed E-state index contributed by atoms with van der Waals surface area (Å²) in [4.78, 5) is 2.54. The maximum atomic E-state index is 10.2. The number of ether oxygens (including phenoxy) is 1. The average molecular weight is 255 g/mol. The van der Waals surface area contributed by atoms with Crippen LogP contribution in [0.2, 0.25) is 0 Å². The summed E-state index contributed by atoms with van der Waals surface area (Å²) < 4.78 is 6.97. The van der Waals surface area contributed by atoms with Crippen LogP contribution in [0.4, 0.5) is 0 Å². The molecule has 0 aromatic carbocycles. The molecule has 2 bridgehead atoms. The zero-order valence-electron chi connectivity index (χ0n) is 11.4. The summed E-state index contributed by atoms with van der Waals surface area (Å²) in [5.41, 5.74) is 0. The Kier molecular flexibility index (Phi) is 3.89. The average Bonchev–Trinajstić information content (AvgIpc) is 2.91. The van der Waals surface area contributed by atoms with Gasteiger partial charge >= 0.3 is 0 Å². The molecule has 18 heavy (non-hydrogen) atoms. The van der Waals surface area contributed by atoms with E-state index in [2.05, 4.69) is 4.90 Å². The van der Waals surface area contributed by atoms with Gasteiger partial charge in [0.05, 0.1) is 32.3 Å². The molecule has 4 heteroatoms. The quantitative estimate of drug-likeness (QED) is 0.724. The van der Waals surface area contributed by atoms with E-state index < -0.39 is 0 Å². The SMILES string of the molecule is OC(COC1CCCC1)C[N+]12CCN(CC1)CC2. The van der Waals surface area contributed by atoms with Gasteiger partial charge in [-0.2, -0.15) is 0 Å². The second-order valence-corrected chi connectivity index (χ2v) is 6.43. The number of hydrogen-bond donors (Lipinski definition) is 1. The molecule has 3 aliphatic heterocycles. The molecule has 1 saturated carbocycles. The minimum atomic E-state index is -0.268. The molecule has 0 aromatic heterocycles. The summed E-state index contributed by atoms with van der Waals surface area (Å²) in [6, 6.07) is 0. The molecule has 1 aliphatic carbocycles. The summed E-state index contributed by atoms with van der Waals surface area (Å²) in [6.07, 6.45) is 5.16. The van der Waals surface area contributed by atoms with E-state index in [1.165, 1.54) is 65.0 Å². The predicted octanol–water partition coefficient (Wildman–Crippen LogP) is 0.453. The molecule has 3 heterocycles. The lowest BCUT2D eigenvalue weighted by Gasteiger charge is -2.51. The zero-order chi connectivity index (χ0) is 12.4. The Balaban J connectivity index is 1.43. The van der Waals surface area contributed by atoms with Crippen molar-refractivity contribution in [3.05, 3.63) is 0 Å². The van der Waals surface area contributed by atoms with Gasteiger partial charge in [0.15, 0.2) is 0 Å². The highest BCUT2D eigenvalue weighted by molar-refractivity contribution is 4.73. The van der Waals surface area contributed by atoms with Gasteiger partial charge in [0, 0.05) is 19.6 Å².